The molecular formula is C14H18F3NO3S. The summed E-state index contributed by atoms with van der Waals surface area (Å²) in [5, 5.41) is -1.51. The molecular weight excluding hydrogens is 319 g/mol. The average Bonchev–Trinajstić information content (AvgIpc) is 3.05. The number of likely N-dealkylation sites (tertiary alicyclic amines) is 1. The van der Waals surface area contributed by atoms with Crippen molar-refractivity contribution < 1.29 is 26.4 Å². The minimum absolute atomic E-state index is 0.00532. The largest absolute Gasteiger partial charge is 0.397 e. The smallest absolute Gasteiger partial charge is 0.340 e. The summed E-state index contributed by atoms with van der Waals surface area (Å²) in [6, 6.07) is 0. The molecule has 2 heterocycles. The molecule has 0 aromatic rings. The van der Waals surface area contributed by atoms with Crippen LogP contribution in [0.5, 0.6) is 0 Å². The third-order valence-electron chi connectivity index (χ3n) is 5.19. The van der Waals surface area contributed by atoms with Gasteiger partial charge in [0.2, 0.25) is 5.91 Å². The maximum Gasteiger partial charge on any atom is 0.397 e. The number of allylic oxidation sites excluding steroid dienone is 2. The van der Waals surface area contributed by atoms with Gasteiger partial charge in [-0.25, -0.2) is 8.42 Å². The first-order valence-electron chi connectivity index (χ1n) is 7.39. The Morgan fingerprint density at radius 3 is 2.41 bits per heavy atom. The van der Waals surface area contributed by atoms with Crippen LogP contribution in [0.1, 0.15) is 25.7 Å². The summed E-state index contributed by atoms with van der Waals surface area (Å²) >= 11 is 0. The van der Waals surface area contributed by atoms with Gasteiger partial charge in [0.1, 0.15) is 5.41 Å². The molecule has 4 nitrogen and oxygen atoms in total. The van der Waals surface area contributed by atoms with Crippen LogP contribution in [0.2, 0.25) is 0 Å². The fourth-order valence-corrected chi connectivity index (χ4v) is 6.22. The van der Waals surface area contributed by atoms with Gasteiger partial charge in [0.15, 0.2) is 9.84 Å². The van der Waals surface area contributed by atoms with Gasteiger partial charge in [0, 0.05) is 19.0 Å². The highest BCUT2D eigenvalue weighted by Gasteiger charge is 2.68. The van der Waals surface area contributed by atoms with E-state index in [1.807, 2.05) is 12.2 Å². The van der Waals surface area contributed by atoms with Crippen molar-refractivity contribution in [2.24, 2.45) is 11.3 Å². The monoisotopic (exact) mass is 337 g/mol. The van der Waals surface area contributed by atoms with Crippen LogP contribution in [-0.2, 0) is 14.6 Å². The highest BCUT2D eigenvalue weighted by molar-refractivity contribution is 7.92. The van der Waals surface area contributed by atoms with E-state index in [4.69, 9.17) is 0 Å². The molecule has 2 aliphatic heterocycles. The Kier molecular flexibility index (Phi) is 3.58. The quantitative estimate of drug-likeness (QED) is 0.687. The maximum absolute atomic E-state index is 13.6. The van der Waals surface area contributed by atoms with Crippen molar-refractivity contribution >= 4 is 15.7 Å². The van der Waals surface area contributed by atoms with Crippen LogP contribution in [0.25, 0.3) is 0 Å². The zero-order valence-electron chi connectivity index (χ0n) is 12.0. The molecule has 0 bridgehead atoms. The fourth-order valence-electron chi connectivity index (χ4n) is 3.97. The summed E-state index contributed by atoms with van der Waals surface area (Å²) in [6.45, 7) is -0.840. The molecule has 0 aromatic carbocycles. The summed E-state index contributed by atoms with van der Waals surface area (Å²) in [4.78, 5) is 13.5. The van der Waals surface area contributed by atoms with Gasteiger partial charge in [-0.2, -0.15) is 13.2 Å². The second-order valence-corrected chi connectivity index (χ2v) is 8.77. The van der Waals surface area contributed by atoms with Gasteiger partial charge < -0.3 is 4.90 Å². The molecule has 0 unspecified atom stereocenters. The lowest BCUT2D eigenvalue weighted by Crippen LogP contribution is -2.53. The van der Waals surface area contributed by atoms with Gasteiger partial charge in [-0.1, -0.05) is 12.2 Å². The first-order chi connectivity index (χ1) is 10.2. The van der Waals surface area contributed by atoms with Gasteiger partial charge in [0.25, 0.3) is 0 Å². The number of rotatable bonds is 1. The van der Waals surface area contributed by atoms with Gasteiger partial charge in [-0.15, -0.1) is 0 Å². The number of alkyl halides is 3. The molecule has 8 heteroatoms. The van der Waals surface area contributed by atoms with E-state index in [1.54, 1.807) is 0 Å². The zero-order valence-corrected chi connectivity index (χ0v) is 12.8. The molecule has 1 amide bonds. The topological polar surface area (TPSA) is 54.5 Å². The lowest BCUT2D eigenvalue weighted by molar-refractivity contribution is -0.221. The van der Waals surface area contributed by atoms with Gasteiger partial charge in [-0.3, -0.25) is 4.79 Å². The molecule has 0 aromatic heterocycles. The van der Waals surface area contributed by atoms with Gasteiger partial charge in [0.05, 0.1) is 11.0 Å². The average molecular weight is 337 g/mol. The first-order valence-corrected chi connectivity index (χ1v) is 9.11. The van der Waals surface area contributed by atoms with Crippen molar-refractivity contribution in [3.63, 3.8) is 0 Å². The van der Waals surface area contributed by atoms with E-state index in [0.29, 0.717) is 12.8 Å². The molecule has 2 atom stereocenters. The highest BCUT2D eigenvalue weighted by atomic mass is 32.2. The van der Waals surface area contributed by atoms with Crippen molar-refractivity contribution in [2.45, 2.75) is 37.1 Å². The summed E-state index contributed by atoms with van der Waals surface area (Å²) in [5.41, 5.74) is -2.29. The third-order valence-corrected chi connectivity index (χ3v) is 7.52. The van der Waals surface area contributed by atoms with Crippen LogP contribution in [0, 0.1) is 11.3 Å². The van der Waals surface area contributed by atoms with Crippen molar-refractivity contribution in [2.75, 3.05) is 18.8 Å². The summed E-state index contributed by atoms with van der Waals surface area (Å²) in [7, 11) is -3.82. The first kappa shape index (κ1) is 15.8. The van der Waals surface area contributed by atoms with E-state index < -0.39 is 33.2 Å². The molecule has 0 N–H and O–H groups in total. The van der Waals surface area contributed by atoms with E-state index in [2.05, 4.69) is 0 Å². The molecule has 1 aliphatic carbocycles. The molecule has 3 aliphatic rings. The molecule has 0 saturated carbocycles. The molecule has 2 saturated heterocycles. The Labute approximate surface area is 127 Å². The summed E-state index contributed by atoms with van der Waals surface area (Å²) < 4.78 is 65.2. The van der Waals surface area contributed by atoms with Crippen LogP contribution in [0.3, 0.4) is 0 Å². The summed E-state index contributed by atoms with van der Waals surface area (Å²) in [5.74, 6) is -0.908. The number of carbonyl (C=O) groups is 1. The van der Waals surface area contributed by atoms with Crippen molar-refractivity contribution in [3.8, 4) is 0 Å². The predicted molar refractivity (Wildman–Crippen MR) is 73.7 cm³/mol. The number of nitrogens with zero attached hydrogens (tertiary/aromatic N) is 1. The second-order valence-electron chi connectivity index (χ2n) is 6.47. The number of fused-ring (bicyclic) bond motifs is 1. The Hall–Kier alpha value is -1.05. The van der Waals surface area contributed by atoms with Crippen molar-refractivity contribution in [1.29, 1.82) is 0 Å². The Morgan fingerprint density at radius 1 is 1.23 bits per heavy atom. The van der Waals surface area contributed by atoms with E-state index in [-0.39, 0.29) is 37.0 Å². The Morgan fingerprint density at radius 2 is 1.86 bits per heavy atom. The van der Waals surface area contributed by atoms with Crippen LogP contribution in [0.15, 0.2) is 12.2 Å². The molecule has 0 radical (unpaired) electrons. The second kappa shape index (κ2) is 4.97. The van der Waals surface area contributed by atoms with Gasteiger partial charge in [-0.05, 0) is 25.7 Å². The number of hydrogen-bond donors (Lipinski definition) is 0. The standard InChI is InChI=1S/C14H18F3NO3S/c15-14(16,17)13-6-3-7-22(20,21)11(13)8-18(9-13)12(19)10-4-1-2-5-10/h1-2,10-11H,3-9H2/t11-,13-/m1/s1. The molecule has 3 rings (SSSR count). The van der Waals surface area contributed by atoms with Crippen LogP contribution < -0.4 is 0 Å². The lowest BCUT2D eigenvalue weighted by atomic mass is 9.81. The molecule has 124 valence electrons. The van der Waals surface area contributed by atoms with Crippen LogP contribution in [0.4, 0.5) is 13.2 Å². The van der Waals surface area contributed by atoms with E-state index in [9.17, 15) is 26.4 Å². The zero-order chi connectivity index (χ0) is 16.2. The summed E-state index contributed by atoms with van der Waals surface area (Å²) in [6.07, 6.45) is -0.117. The van der Waals surface area contributed by atoms with Crippen molar-refractivity contribution in [3.05, 3.63) is 12.2 Å². The maximum atomic E-state index is 13.6. The normalized spacial score (nSPS) is 34.9. The van der Waals surface area contributed by atoms with E-state index in [1.165, 1.54) is 0 Å². The molecule has 0 spiro atoms. The minimum Gasteiger partial charge on any atom is -0.340 e. The Bertz CT molecular complexity index is 605. The molecule has 2 fully saturated rings. The lowest BCUT2D eigenvalue weighted by Gasteiger charge is -2.39. The number of sulfone groups is 1. The number of amides is 1. The van der Waals surface area contributed by atoms with E-state index >= 15 is 0 Å². The number of carbonyl (C=O) groups excluding carboxylic acids is 1. The fraction of sp³-hybridized carbons (Fsp3) is 0.786. The SMILES string of the molecule is O=C(C1CC=CC1)N1C[C@@H]2[C@@](C(F)(F)F)(CCCS2(=O)=O)C1. The number of halogens is 3. The van der Waals surface area contributed by atoms with Crippen LogP contribution >= 0.6 is 0 Å². The Balaban J connectivity index is 1.92. The van der Waals surface area contributed by atoms with Crippen molar-refractivity contribution in [1.82, 2.24) is 4.90 Å². The number of hydrogen-bond acceptors (Lipinski definition) is 3. The highest BCUT2D eigenvalue weighted by Crippen LogP contribution is 2.53. The minimum atomic E-state index is -4.62. The van der Waals surface area contributed by atoms with E-state index in [0.717, 1.165) is 4.90 Å². The van der Waals surface area contributed by atoms with Gasteiger partial charge >= 0.3 is 6.18 Å². The predicted octanol–water partition coefficient (Wildman–Crippen LogP) is 1.92. The van der Waals surface area contributed by atoms with Crippen LogP contribution in [-0.4, -0.2) is 49.5 Å². The molecule has 22 heavy (non-hydrogen) atoms. The third kappa shape index (κ3) is 2.26.